The van der Waals surface area contributed by atoms with Crippen molar-refractivity contribution in [3.05, 3.63) is 65.2 Å². The van der Waals surface area contributed by atoms with E-state index >= 15 is 0 Å². The van der Waals surface area contributed by atoms with Crippen molar-refractivity contribution in [3.63, 3.8) is 0 Å². The van der Waals surface area contributed by atoms with Gasteiger partial charge in [0.2, 0.25) is 5.17 Å². The average molecular weight is 505 g/mol. The van der Waals surface area contributed by atoms with E-state index in [1.54, 1.807) is 6.08 Å². The highest BCUT2D eigenvalue weighted by atomic mass is 32.2. The summed E-state index contributed by atoms with van der Waals surface area (Å²) in [7, 11) is 0. The number of carbonyl (C=O) groups is 1. The minimum absolute atomic E-state index is 0.0523. The maximum absolute atomic E-state index is 12.7. The van der Waals surface area contributed by atoms with Crippen LogP contribution in [0.15, 0.2) is 64.2 Å². The lowest BCUT2D eigenvalue weighted by Crippen LogP contribution is -2.35. The fourth-order valence-corrected chi connectivity index (χ4v) is 4.83. The zero-order valence-electron chi connectivity index (χ0n) is 20.8. The Morgan fingerprint density at radius 3 is 2.67 bits per heavy atom. The maximum atomic E-state index is 12.7. The number of aryl methyl sites for hydroxylation is 1. The third-order valence-corrected chi connectivity index (χ3v) is 6.83. The minimum Gasteiger partial charge on any atom is -0.490 e. The Kier molecular flexibility index (Phi) is 8.95. The van der Waals surface area contributed by atoms with Crippen LogP contribution in [0.5, 0.6) is 11.5 Å². The number of benzene rings is 2. The molecule has 7 nitrogen and oxygen atoms in total. The van der Waals surface area contributed by atoms with E-state index < -0.39 is 5.91 Å². The summed E-state index contributed by atoms with van der Waals surface area (Å²) >= 11 is 1.39. The number of amidine groups is 2. The lowest BCUT2D eigenvalue weighted by atomic mass is 10.1. The number of aliphatic imine (C=N–C) groups is 1. The summed E-state index contributed by atoms with van der Waals surface area (Å²) in [4.78, 5) is 16.9. The second-order valence-electron chi connectivity index (χ2n) is 8.71. The van der Waals surface area contributed by atoms with Gasteiger partial charge in [-0.1, -0.05) is 62.9 Å². The molecule has 36 heavy (non-hydrogen) atoms. The van der Waals surface area contributed by atoms with Gasteiger partial charge < -0.3 is 9.47 Å². The molecule has 0 bridgehead atoms. The predicted molar refractivity (Wildman–Crippen MR) is 147 cm³/mol. The second kappa shape index (κ2) is 12.5. The van der Waals surface area contributed by atoms with Crippen molar-refractivity contribution < 1.29 is 14.3 Å². The summed E-state index contributed by atoms with van der Waals surface area (Å²) in [5.41, 5.74) is 2.05. The lowest BCUT2D eigenvalue weighted by Gasteiger charge is -2.20. The normalized spacial score (nSPS) is 16.2. The summed E-state index contributed by atoms with van der Waals surface area (Å²) in [6, 6.07) is 15.3. The van der Waals surface area contributed by atoms with Crippen LogP contribution >= 0.6 is 11.8 Å². The van der Waals surface area contributed by atoms with E-state index in [0.29, 0.717) is 24.1 Å². The molecule has 0 radical (unpaired) electrons. The van der Waals surface area contributed by atoms with E-state index in [1.165, 1.54) is 36.0 Å². The molecular formula is C28H32N4O3S. The van der Waals surface area contributed by atoms with Crippen LogP contribution < -0.4 is 9.47 Å². The Hall–Kier alpha value is -3.39. The van der Waals surface area contributed by atoms with E-state index in [2.05, 4.69) is 17.0 Å². The zero-order valence-corrected chi connectivity index (χ0v) is 21.6. The maximum Gasteiger partial charge on any atom is 0.283 e. The fourth-order valence-electron chi connectivity index (χ4n) is 3.90. The molecule has 2 aromatic carbocycles. The fraction of sp³-hybridized carbons (Fsp3) is 0.357. The lowest BCUT2D eigenvalue weighted by molar-refractivity contribution is -0.114. The largest absolute Gasteiger partial charge is 0.490 e. The van der Waals surface area contributed by atoms with Gasteiger partial charge in [-0.15, -0.1) is 0 Å². The Labute approximate surface area is 216 Å². The van der Waals surface area contributed by atoms with Crippen molar-refractivity contribution in [2.24, 2.45) is 10.1 Å². The summed E-state index contributed by atoms with van der Waals surface area (Å²) in [6.07, 6.45) is 8.42. The van der Waals surface area contributed by atoms with Crippen LogP contribution in [0.1, 0.15) is 56.6 Å². The highest BCUT2D eigenvalue weighted by molar-refractivity contribution is 8.26. The van der Waals surface area contributed by atoms with Gasteiger partial charge in [0, 0.05) is 0 Å². The number of thioether (sulfide) groups is 1. The number of para-hydroxylation sites is 1. The molecule has 188 valence electrons. The van der Waals surface area contributed by atoms with Crippen LogP contribution in [-0.2, 0) is 4.79 Å². The molecule has 2 aromatic rings. The van der Waals surface area contributed by atoms with E-state index in [0.717, 1.165) is 41.2 Å². The van der Waals surface area contributed by atoms with Gasteiger partial charge in [-0.05, 0) is 66.9 Å². The summed E-state index contributed by atoms with van der Waals surface area (Å²) < 4.78 is 11.6. The molecule has 0 spiro atoms. The summed E-state index contributed by atoms with van der Waals surface area (Å²) in [5, 5.41) is 16.0. The minimum atomic E-state index is -0.420. The first-order chi connectivity index (χ1) is 17.5. The standard InChI is InChI=1S/C28H32N4O3S/c1-3-4-5-6-7-15-25-31-32-26(29)23(27(33)30-28(32)36-25)19-21-12-10-13-22(18-21)34-16-17-35-24-14-9-8-11-20(24)2/h8-14,18-19,29H,3-7,15-17H2,1-2H3/b23-19-,29-26?. The molecule has 1 N–H and O–H groups in total. The smallest absolute Gasteiger partial charge is 0.283 e. The molecule has 0 saturated carbocycles. The van der Waals surface area contributed by atoms with Crippen molar-refractivity contribution in [1.82, 2.24) is 5.01 Å². The number of unbranched alkanes of at least 4 members (excludes halogenated alkanes) is 4. The van der Waals surface area contributed by atoms with Gasteiger partial charge in [0.05, 0.1) is 5.57 Å². The number of hydrogen-bond donors (Lipinski definition) is 1. The molecule has 0 fully saturated rings. The molecule has 1 amide bonds. The highest BCUT2D eigenvalue weighted by Gasteiger charge is 2.35. The van der Waals surface area contributed by atoms with Gasteiger partial charge >= 0.3 is 0 Å². The first-order valence-corrected chi connectivity index (χ1v) is 13.3. The number of amides is 1. The predicted octanol–water partition coefficient (Wildman–Crippen LogP) is 6.43. The molecule has 0 aliphatic carbocycles. The molecule has 2 heterocycles. The molecule has 0 atom stereocenters. The highest BCUT2D eigenvalue weighted by Crippen LogP contribution is 2.30. The van der Waals surface area contributed by atoms with Crippen LogP contribution in [0, 0.1) is 12.3 Å². The van der Waals surface area contributed by atoms with Crippen LogP contribution in [0.4, 0.5) is 0 Å². The first kappa shape index (κ1) is 25.7. The van der Waals surface area contributed by atoms with Crippen molar-refractivity contribution in [2.75, 3.05) is 13.2 Å². The van der Waals surface area contributed by atoms with Crippen molar-refractivity contribution in [2.45, 2.75) is 52.4 Å². The molecule has 0 aromatic heterocycles. The van der Waals surface area contributed by atoms with Gasteiger partial charge in [-0.3, -0.25) is 10.2 Å². The van der Waals surface area contributed by atoms with Crippen molar-refractivity contribution in [3.8, 4) is 11.5 Å². The van der Waals surface area contributed by atoms with E-state index in [4.69, 9.17) is 14.9 Å². The average Bonchev–Trinajstić information content (AvgIpc) is 3.28. The molecule has 0 unspecified atom stereocenters. The van der Waals surface area contributed by atoms with Crippen LogP contribution in [0.25, 0.3) is 6.08 Å². The van der Waals surface area contributed by atoms with Crippen LogP contribution in [0.3, 0.4) is 0 Å². The monoisotopic (exact) mass is 504 g/mol. The SMILES string of the molecule is CCCCCCCC1=NN2C(=N)/C(=C/c3cccc(OCCOc4ccccc4C)c3)C(=O)N=C2S1. The number of nitrogens with one attached hydrogen (secondary N) is 1. The number of nitrogens with zero attached hydrogens (tertiary/aromatic N) is 3. The summed E-state index contributed by atoms with van der Waals surface area (Å²) in [6.45, 7) is 5.01. The molecule has 2 aliphatic rings. The third-order valence-electron chi connectivity index (χ3n) is 5.86. The quantitative estimate of drug-likeness (QED) is 0.266. The molecule has 4 rings (SSSR count). The summed E-state index contributed by atoms with van der Waals surface area (Å²) in [5.74, 6) is 1.14. The molecule has 2 aliphatic heterocycles. The van der Waals surface area contributed by atoms with Gasteiger partial charge in [-0.2, -0.15) is 15.1 Å². The third kappa shape index (κ3) is 6.63. The Morgan fingerprint density at radius 2 is 1.83 bits per heavy atom. The van der Waals surface area contributed by atoms with Gasteiger partial charge in [0.1, 0.15) is 29.8 Å². The number of rotatable bonds is 12. The molecular weight excluding hydrogens is 472 g/mol. The van der Waals surface area contributed by atoms with Gasteiger partial charge in [0.15, 0.2) is 5.84 Å². The Bertz CT molecular complexity index is 1200. The number of hydrazone groups is 1. The Balaban J connectivity index is 1.35. The van der Waals surface area contributed by atoms with Gasteiger partial charge in [-0.25, -0.2) is 0 Å². The second-order valence-corrected chi connectivity index (χ2v) is 9.75. The van der Waals surface area contributed by atoms with Crippen molar-refractivity contribution >= 4 is 39.8 Å². The zero-order chi connectivity index (χ0) is 25.3. The number of ether oxygens (including phenoxy) is 2. The molecule has 8 heteroatoms. The van der Waals surface area contributed by atoms with E-state index in [-0.39, 0.29) is 11.4 Å². The number of hydrogen-bond acceptors (Lipinski definition) is 6. The first-order valence-electron chi connectivity index (χ1n) is 12.5. The topological polar surface area (TPSA) is 87.3 Å². The Morgan fingerprint density at radius 1 is 1.03 bits per heavy atom. The van der Waals surface area contributed by atoms with Crippen LogP contribution in [0.2, 0.25) is 0 Å². The van der Waals surface area contributed by atoms with E-state index in [1.807, 2.05) is 55.5 Å². The van der Waals surface area contributed by atoms with Crippen LogP contribution in [-0.4, -0.2) is 40.2 Å². The number of carbonyl (C=O) groups excluding carboxylic acids is 1. The molecule has 0 saturated heterocycles. The van der Waals surface area contributed by atoms with Gasteiger partial charge in [0.25, 0.3) is 5.91 Å². The van der Waals surface area contributed by atoms with E-state index in [9.17, 15) is 4.79 Å². The number of fused-ring (bicyclic) bond motifs is 1. The van der Waals surface area contributed by atoms with Crippen molar-refractivity contribution in [1.29, 1.82) is 5.41 Å².